The second kappa shape index (κ2) is 14.9. The topological polar surface area (TPSA) is 43.6 Å². The van der Waals surface area contributed by atoms with Crippen LogP contribution in [0.1, 0.15) is 8.22 Å². The highest BCUT2D eigenvalue weighted by atomic mass is 32.1. The van der Waals surface area contributed by atoms with Crippen molar-refractivity contribution in [3.63, 3.8) is 0 Å². The van der Waals surface area contributed by atoms with Gasteiger partial charge in [0.25, 0.3) is 0 Å². The fourth-order valence-electron chi connectivity index (χ4n) is 8.51. The number of hydrogen-bond donors (Lipinski definition) is 0. The molecule has 0 radical (unpaired) electrons. The molecule has 0 aliphatic carbocycles. The van der Waals surface area contributed by atoms with Crippen molar-refractivity contribution in [2.45, 2.75) is 0 Å². The number of benzene rings is 9. The third kappa shape index (κ3) is 6.18. The molecule has 62 heavy (non-hydrogen) atoms. The Kier molecular flexibility index (Phi) is 7.25. The molecule has 3 aromatic heterocycles. The molecule has 0 fully saturated rings. The zero-order chi connectivity index (χ0) is 46.2. The summed E-state index contributed by atoms with van der Waals surface area (Å²) in [5.41, 5.74) is 10.0. The van der Waals surface area contributed by atoms with Gasteiger partial charge in [0.15, 0.2) is 17.5 Å². The van der Waals surface area contributed by atoms with Gasteiger partial charge in [0.2, 0.25) is 0 Å². The first-order valence-electron chi connectivity index (χ1n) is 23.4. The standard InChI is InChI=1S/C57H36N4S/c1-3-16-37(17-4-1)39-20-13-22-41(34-39)55-58-56(42-23-14-21-40(35-42)38-18-5-2-6-19-38)60-57(59-55)43-32-33-46(48-27-15-28-49-47-26-9-12-31-53(47)62-54(48)49)52(36-43)61-50-29-10-7-24-44(50)45-25-8-11-30-51(45)61/h1-36H/i9D,15D,26D,27D,28D,31D. The lowest BCUT2D eigenvalue weighted by Crippen LogP contribution is -2.02. The maximum Gasteiger partial charge on any atom is 0.164 e. The molecule has 0 saturated heterocycles. The smallest absolute Gasteiger partial charge is 0.164 e. The number of nitrogens with zero attached hydrogens (tertiary/aromatic N) is 4. The van der Waals surface area contributed by atoms with Gasteiger partial charge in [-0.1, -0.05) is 182 Å². The third-order valence-corrected chi connectivity index (χ3v) is 12.6. The van der Waals surface area contributed by atoms with Crippen molar-refractivity contribution >= 4 is 53.3 Å². The van der Waals surface area contributed by atoms with E-state index in [2.05, 4.69) is 77.4 Å². The molecule has 3 heterocycles. The second-order valence-corrected chi connectivity index (χ2v) is 16.1. The minimum atomic E-state index is -0.298. The Balaban J connectivity index is 1.15. The summed E-state index contributed by atoms with van der Waals surface area (Å²) in [5.74, 6) is 1.41. The maximum atomic E-state index is 9.58. The molecular weight excluding hydrogens is 773 g/mol. The van der Waals surface area contributed by atoms with Crippen molar-refractivity contribution in [3.8, 4) is 73.2 Å². The summed E-state index contributed by atoms with van der Waals surface area (Å²) in [5, 5.41) is 2.65. The van der Waals surface area contributed by atoms with Gasteiger partial charge >= 0.3 is 0 Å². The molecule has 0 aliphatic heterocycles. The Morgan fingerprint density at radius 2 is 0.887 bits per heavy atom. The summed E-state index contributed by atoms with van der Waals surface area (Å²) in [7, 11) is 0. The normalized spacial score (nSPS) is 12.9. The van der Waals surface area contributed by atoms with Gasteiger partial charge in [-0.25, -0.2) is 15.0 Å². The monoisotopic (exact) mass is 814 g/mol. The lowest BCUT2D eigenvalue weighted by Gasteiger charge is -2.17. The highest BCUT2D eigenvalue weighted by molar-refractivity contribution is 7.26. The van der Waals surface area contributed by atoms with Crippen LogP contribution in [-0.4, -0.2) is 19.5 Å². The van der Waals surface area contributed by atoms with Crippen molar-refractivity contribution in [1.82, 2.24) is 19.5 Å². The molecule has 12 aromatic rings. The molecule has 0 spiro atoms. The van der Waals surface area contributed by atoms with Crippen molar-refractivity contribution in [2.24, 2.45) is 0 Å². The first-order valence-corrected chi connectivity index (χ1v) is 21.2. The molecule has 9 aromatic carbocycles. The third-order valence-electron chi connectivity index (χ3n) is 11.4. The fourth-order valence-corrected chi connectivity index (χ4v) is 9.60. The van der Waals surface area contributed by atoms with Crippen molar-refractivity contribution < 1.29 is 8.22 Å². The molecule has 0 amide bonds. The Hall–Kier alpha value is -7.99. The van der Waals surface area contributed by atoms with Gasteiger partial charge in [-0.3, -0.25) is 0 Å². The minimum Gasteiger partial charge on any atom is -0.309 e. The fraction of sp³-hybridized carbons (Fsp3) is 0. The van der Waals surface area contributed by atoms with Crippen molar-refractivity contribution in [2.75, 3.05) is 0 Å². The molecule has 0 unspecified atom stereocenters. The summed E-state index contributed by atoms with van der Waals surface area (Å²) in [4.78, 5) is 15.6. The molecule has 0 saturated carbocycles. The highest BCUT2D eigenvalue weighted by Crippen LogP contribution is 2.44. The number of fused-ring (bicyclic) bond motifs is 6. The minimum absolute atomic E-state index is 0.0636. The van der Waals surface area contributed by atoms with Crippen LogP contribution in [0.3, 0.4) is 0 Å². The number of rotatable bonds is 7. The van der Waals surface area contributed by atoms with Crippen LogP contribution in [0.5, 0.6) is 0 Å². The predicted molar refractivity (Wildman–Crippen MR) is 260 cm³/mol. The molecular formula is C57H36N4S. The van der Waals surface area contributed by atoms with E-state index >= 15 is 0 Å². The molecule has 12 rings (SSSR count). The van der Waals surface area contributed by atoms with Gasteiger partial charge in [0.1, 0.15) is 0 Å². The van der Waals surface area contributed by atoms with E-state index in [1.54, 1.807) is 0 Å². The Bertz CT molecular complexity index is 3850. The van der Waals surface area contributed by atoms with Crippen LogP contribution >= 0.6 is 11.3 Å². The van der Waals surface area contributed by atoms with Gasteiger partial charge in [-0.05, 0) is 58.6 Å². The summed E-state index contributed by atoms with van der Waals surface area (Å²) >= 11 is 1.23. The van der Waals surface area contributed by atoms with Gasteiger partial charge in [0, 0.05) is 58.8 Å². The SMILES string of the molecule is [2H]c1cc([2H])c2sc3c(-c4ccc(-c5nc(-c6cccc(-c7ccccc7)c6)nc(-c6cccc(-c7ccccc7)c6)n5)cc4-n4c5ccccc5c5ccccc54)c([2H])c([2H])c([2H])c3c2c1[2H]. The Labute approximate surface area is 371 Å². The first kappa shape index (κ1) is 30.1. The van der Waals surface area contributed by atoms with E-state index in [4.69, 9.17) is 20.4 Å². The van der Waals surface area contributed by atoms with Crippen LogP contribution in [0.15, 0.2) is 218 Å². The van der Waals surface area contributed by atoms with Gasteiger partial charge < -0.3 is 4.57 Å². The van der Waals surface area contributed by atoms with Crippen LogP contribution in [-0.2, 0) is 0 Å². The molecule has 290 valence electrons. The van der Waals surface area contributed by atoms with E-state index in [0.717, 1.165) is 55.2 Å². The molecule has 0 atom stereocenters. The van der Waals surface area contributed by atoms with Crippen LogP contribution in [0, 0.1) is 0 Å². The van der Waals surface area contributed by atoms with E-state index in [1.807, 2.05) is 103 Å². The van der Waals surface area contributed by atoms with Gasteiger partial charge in [-0.2, -0.15) is 0 Å². The van der Waals surface area contributed by atoms with E-state index < -0.39 is 0 Å². The second-order valence-electron chi connectivity index (χ2n) is 15.1. The zero-order valence-electron chi connectivity index (χ0n) is 39.0. The number of thiophene rings is 1. The molecule has 0 aliphatic rings. The van der Waals surface area contributed by atoms with Gasteiger partial charge in [0.05, 0.1) is 24.9 Å². The lowest BCUT2D eigenvalue weighted by molar-refractivity contribution is 1.07. The van der Waals surface area contributed by atoms with Crippen LogP contribution < -0.4 is 0 Å². The molecule has 5 heteroatoms. The Morgan fingerprint density at radius 3 is 1.50 bits per heavy atom. The quantitative estimate of drug-likeness (QED) is 0.161. The van der Waals surface area contributed by atoms with Crippen LogP contribution in [0.2, 0.25) is 0 Å². The van der Waals surface area contributed by atoms with E-state index in [1.165, 1.54) is 17.4 Å². The Morgan fingerprint density at radius 1 is 0.371 bits per heavy atom. The maximum absolute atomic E-state index is 9.58. The summed E-state index contributed by atoms with van der Waals surface area (Å²) in [6.07, 6.45) is 0. The van der Waals surface area contributed by atoms with E-state index in [-0.39, 0.29) is 41.6 Å². The predicted octanol–water partition coefficient (Wildman–Crippen LogP) is 15.3. The van der Waals surface area contributed by atoms with Crippen molar-refractivity contribution in [3.05, 3.63) is 218 Å². The summed E-state index contributed by atoms with van der Waals surface area (Å²) < 4.78 is 57.3. The average Bonchev–Trinajstić information content (AvgIpc) is 3.95. The highest BCUT2D eigenvalue weighted by Gasteiger charge is 2.21. The molecule has 0 bridgehead atoms. The van der Waals surface area contributed by atoms with Crippen LogP contribution in [0.25, 0.3) is 115 Å². The van der Waals surface area contributed by atoms with Gasteiger partial charge in [-0.15, -0.1) is 11.3 Å². The van der Waals surface area contributed by atoms with E-state index in [0.29, 0.717) is 54.6 Å². The first-order chi connectivity index (χ1) is 33.2. The lowest BCUT2D eigenvalue weighted by atomic mass is 9.98. The summed E-state index contributed by atoms with van der Waals surface area (Å²) in [6.45, 7) is 0. The zero-order valence-corrected chi connectivity index (χ0v) is 33.8. The summed E-state index contributed by atoms with van der Waals surface area (Å²) in [6, 6.07) is 59.6. The number of para-hydroxylation sites is 2. The van der Waals surface area contributed by atoms with Crippen LogP contribution in [0.4, 0.5) is 0 Å². The largest absolute Gasteiger partial charge is 0.309 e. The number of aromatic nitrogens is 4. The van der Waals surface area contributed by atoms with Crippen molar-refractivity contribution in [1.29, 1.82) is 0 Å². The average molecular weight is 815 g/mol. The number of hydrogen-bond acceptors (Lipinski definition) is 4. The molecule has 0 N–H and O–H groups in total. The molecule has 4 nitrogen and oxygen atoms in total. The van der Waals surface area contributed by atoms with E-state index in [9.17, 15) is 2.74 Å².